The molecule has 0 radical (unpaired) electrons. The molecule has 0 spiro atoms. The highest BCUT2D eigenvalue weighted by Crippen LogP contribution is 2.24. The third-order valence-electron chi connectivity index (χ3n) is 6.22. The Hall–Kier alpha value is -3.29. The molecule has 0 atom stereocenters. The number of hydrogen-bond donors (Lipinski definition) is 1. The van der Waals surface area contributed by atoms with E-state index in [1.165, 1.54) is 23.0 Å². The molecule has 1 amide bonds. The lowest BCUT2D eigenvalue weighted by molar-refractivity contribution is -0.113. The fourth-order valence-corrected chi connectivity index (χ4v) is 5.13. The Morgan fingerprint density at radius 1 is 0.912 bits per heavy atom. The van der Waals surface area contributed by atoms with Gasteiger partial charge in [-0.25, -0.2) is 4.98 Å². The van der Waals surface area contributed by atoms with E-state index in [9.17, 15) is 4.79 Å². The van der Waals surface area contributed by atoms with Crippen LogP contribution in [-0.4, -0.2) is 52.3 Å². The van der Waals surface area contributed by atoms with E-state index in [0.717, 1.165) is 54.6 Å². The molecule has 0 saturated carbocycles. The van der Waals surface area contributed by atoms with E-state index >= 15 is 0 Å². The summed E-state index contributed by atoms with van der Waals surface area (Å²) in [6, 6.07) is 26.8. The van der Waals surface area contributed by atoms with Crippen LogP contribution in [0.1, 0.15) is 5.56 Å². The van der Waals surface area contributed by atoms with Crippen LogP contribution in [0.25, 0.3) is 11.0 Å². The Kier molecular flexibility index (Phi) is 6.83. The zero-order valence-electron chi connectivity index (χ0n) is 19.4. The van der Waals surface area contributed by atoms with E-state index in [1.54, 1.807) is 0 Å². The Morgan fingerprint density at radius 3 is 2.35 bits per heavy atom. The van der Waals surface area contributed by atoms with Crippen LogP contribution in [0.4, 0.5) is 11.4 Å². The molecule has 5 rings (SSSR count). The lowest BCUT2D eigenvalue weighted by Crippen LogP contribution is -2.45. The van der Waals surface area contributed by atoms with Crippen molar-refractivity contribution in [2.24, 2.45) is 7.05 Å². The first-order valence-corrected chi connectivity index (χ1v) is 12.6. The molecule has 174 valence electrons. The molecule has 1 aromatic heterocycles. The highest BCUT2D eigenvalue weighted by molar-refractivity contribution is 7.99. The summed E-state index contributed by atoms with van der Waals surface area (Å²) in [5, 5.41) is 3.85. The van der Waals surface area contributed by atoms with E-state index in [2.05, 4.69) is 62.6 Å². The third-order valence-corrected chi connectivity index (χ3v) is 7.25. The first-order chi connectivity index (χ1) is 16.7. The van der Waals surface area contributed by atoms with Crippen molar-refractivity contribution >= 4 is 40.1 Å². The predicted molar refractivity (Wildman–Crippen MR) is 140 cm³/mol. The molecule has 1 fully saturated rings. The average molecular weight is 472 g/mol. The Bertz CT molecular complexity index is 1250. The normalized spacial score (nSPS) is 14.4. The number of fused-ring (bicyclic) bond motifs is 1. The molecule has 0 unspecified atom stereocenters. The number of benzene rings is 3. The molecule has 1 aliphatic heterocycles. The number of amides is 1. The topological polar surface area (TPSA) is 53.4 Å². The quantitative estimate of drug-likeness (QED) is 0.399. The molecule has 1 saturated heterocycles. The van der Waals surface area contributed by atoms with Crippen molar-refractivity contribution in [3.8, 4) is 0 Å². The number of carbonyl (C=O) groups is 1. The molecule has 4 aromatic rings. The van der Waals surface area contributed by atoms with Gasteiger partial charge in [-0.05, 0) is 42.0 Å². The van der Waals surface area contributed by atoms with Crippen LogP contribution >= 0.6 is 11.8 Å². The summed E-state index contributed by atoms with van der Waals surface area (Å²) in [5.41, 5.74) is 5.41. The second-order valence-electron chi connectivity index (χ2n) is 8.57. The summed E-state index contributed by atoms with van der Waals surface area (Å²) in [6.07, 6.45) is 0. The van der Waals surface area contributed by atoms with Crippen LogP contribution in [0.15, 0.2) is 84.0 Å². The Balaban J connectivity index is 1.10. The zero-order chi connectivity index (χ0) is 23.3. The molecule has 1 N–H and O–H groups in total. The van der Waals surface area contributed by atoms with Crippen molar-refractivity contribution in [3.05, 3.63) is 84.4 Å². The third kappa shape index (κ3) is 5.26. The van der Waals surface area contributed by atoms with Gasteiger partial charge in [0, 0.05) is 51.1 Å². The number of rotatable bonds is 7. The SMILES string of the molecule is Cn1c(SCC(=O)Nc2ccc(N3CCN(Cc4ccccc4)CC3)cc2)nc2ccccc21. The number of imidazole rings is 1. The van der Waals surface area contributed by atoms with Gasteiger partial charge in [0.15, 0.2) is 5.16 Å². The number of nitrogens with zero attached hydrogens (tertiary/aromatic N) is 4. The van der Waals surface area contributed by atoms with Crippen molar-refractivity contribution in [1.82, 2.24) is 14.5 Å². The average Bonchev–Trinajstić information content (AvgIpc) is 3.20. The zero-order valence-corrected chi connectivity index (χ0v) is 20.2. The summed E-state index contributed by atoms with van der Waals surface area (Å²) < 4.78 is 2.03. The molecule has 1 aliphatic rings. The van der Waals surface area contributed by atoms with Gasteiger partial charge in [-0.3, -0.25) is 9.69 Å². The van der Waals surface area contributed by atoms with Gasteiger partial charge in [0.25, 0.3) is 0 Å². The number of nitrogens with one attached hydrogen (secondary N) is 1. The van der Waals surface area contributed by atoms with Gasteiger partial charge in [-0.15, -0.1) is 0 Å². The van der Waals surface area contributed by atoms with Crippen LogP contribution < -0.4 is 10.2 Å². The van der Waals surface area contributed by atoms with Gasteiger partial charge in [0.2, 0.25) is 5.91 Å². The molecule has 3 aromatic carbocycles. The fraction of sp³-hybridized carbons (Fsp3) is 0.259. The second-order valence-corrected chi connectivity index (χ2v) is 9.52. The number of anilines is 2. The van der Waals surface area contributed by atoms with E-state index in [4.69, 9.17) is 0 Å². The number of piperazine rings is 1. The summed E-state index contributed by atoms with van der Waals surface area (Å²) in [4.78, 5) is 22.0. The van der Waals surface area contributed by atoms with Crippen molar-refractivity contribution in [2.75, 3.05) is 42.1 Å². The number of aromatic nitrogens is 2. The number of carbonyl (C=O) groups excluding carboxylic acids is 1. The number of aryl methyl sites for hydroxylation is 1. The molecule has 0 aliphatic carbocycles. The molecular formula is C27H29N5OS. The number of thioether (sulfide) groups is 1. The molecule has 0 bridgehead atoms. The van der Waals surface area contributed by atoms with Crippen molar-refractivity contribution in [3.63, 3.8) is 0 Å². The van der Waals surface area contributed by atoms with E-state index in [1.807, 2.05) is 48.0 Å². The van der Waals surface area contributed by atoms with Crippen LogP contribution in [0.5, 0.6) is 0 Å². The van der Waals surface area contributed by atoms with Crippen LogP contribution in [0.2, 0.25) is 0 Å². The minimum Gasteiger partial charge on any atom is -0.369 e. The van der Waals surface area contributed by atoms with Gasteiger partial charge < -0.3 is 14.8 Å². The maximum Gasteiger partial charge on any atom is 0.234 e. The highest BCUT2D eigenvalue weighted by atomic mass is 32.2. The molecule has 6 nitrogen and oxygen atoms in total. The molecule has 2 heterocycles. The predicted octanol–water partition coefficient (Wildman–Crippen LogP) is 4.63. The van der Waals surface area contributed by atoms with Gasteiger partial charge in [-0.2, -0.15) is 0 Å². The second kappa shape index (κ2) is 10.3. The monoisotopic (exact) mass is 471 g/mol. The van der Waals surface area contributed by atoms with Crippen LogP contribution in [0, 0.1) is 0 Å². The van der Waals surface area contributed by atoms with Crippen LogP contribution in [0.3, 0.4) is 0 Å². The molecule has 34 heavy (non-hydrogen) atoms. The first kappa shape index (κ1) is 22.5. The van der Waals surface area contributed by atoms with E-state index in [-0.39, 0.29) is 5.91 Å². The van der Waals surface area contributed by atoms with E-state index < -0.39 is 0 Å². The van der Waals surface area contributed by atoms with Crippen LogP contribution in [-0.2, 0) is 18.4 Å². The first-order valence-electron chi connectivity index (χ1n) is 11.6. The fourth-order valence-electron chi connectivity index (χ4n) is 4.34. The molecular weight excluding hydrogens is 442 g/mol. The summed E-state index contributed by atoms with van der Waals surface area (Å²) in [5.74, 6) is 0.293. The smallest absolute Gasteiger partial charge is 0.234 e. The summed E-state index contributed by atoms with van der Waals surface area (Å²) in [6.45, 7) is 5.12. The van der Waals surface area contributed by atoms with Crippen molar-refractivity contribution in [2.45, 2.75) is 11.7 Å². The summed E-state index contributed by atoms with van der Waals surface area (Å²) >= 11 is 1.45. The largest absolute Gasteiger partial charge is 0.369 e. The maximum absolute atomic E-state index is 12.5. The molecule has 7 heteroatoms. The van der Waals surface area contributed by atoms with E-state index in [0.29, 0.717) is 5.75 Å². The highest BCUT2D eigenvalue weighted by Gasteiger charge is 2.17. The van der Waals surface area contributed by atoms with Gasteiger partial charge in [0.05, 0.1) is 16.8 Å². The summed E-state index contributed by atoms with van der Waals surface area (Å²) in [7, 11) is 1.98. The number of hydrogen-bond acceptors (Lipinski definition) is 5. The number of para-hydroxylation sites is 2. The van der Waals surface area contributed by atoms with Crippen molar-refractivity contribution in [1.29, 1.82) is 0 Å². The lowest BCUT2D eigenvalue weighted by atomic mass is 10.2. The lowest BCUT2D eigenvalue weighted by Gasteiger charge is -2.36. The van der Waals surface area contributed by atoms with Gasteiger partial charge in [0.1, 0.15) is 0 Å². The van der Waals surface area contributed by atoms with Crippen molar-refractivity contribution < 1.29 is 4.79 Å². The maximum atomic E-state index is 12.5. The minimum atomic E-state index is -0.0284. The Morgan fingerprint density at radius 2 is 1.62 bits per heavy atom. The Labute approximate surface area is 204 Å². The van der Waals surface area contributed by atoms with Gasteiger partial charge in [-0.1, -0.05) is 54.2 Å². The minimum absolute atomic E-state index is 0.0284. The standard InChI is InChI=1S/C27H29N5OS/c1-30-25-10-6-5-9-24(25)29-27(30)34-20-26(33)28-22-11-13-23(14-12-22)32-17-15-31(16-18-32)19-21-7-3-2-4-8-21/h2-14H,15-20H2,1H3,(H,28,33). The van der Waals surface area contributed by atoms with Gasteiger partial charge >= 0.3 is 0 Å².